The van der Waals surface area contributed by atoms with Gasteiger partial charge in [-0.05, 0) is 37.1 Å². The second-order valence-corrected chi connectivity index (χ2v) is 9.07. The fourth-order valence-corrected chi connectivity index (χ4v) is 4.76. The number of nitrogens with one attached hydrogen (secondary N) is 1. The van der Waals surface area contributed by atoms with Crippen LogP contribution in [-0.4, -0.2) is 52.8 Å². The molecule has 1 fully saturated rings. The molecule has 0 aromatic heterocycles. The Morgan fingerprint density at radius 1 is 1.00 bits per heavy atom. The number of amides is 3. The molecule has 2 aliphatic rings. The summed E-state index contributed by atoms with van der Waals surface area (Å²) in [6.07, 6.45) is 4.51. The fourth-order valence-electron chi connectivity index (χ4n) is 4.42. The molecule has 34 heavy (non-hydrogen) atoms. The van der Waals surface area contributed by atoms with Crippen molar-refractivity contribution in [1.29, 1.82) is 0 Å². The average molecular weight is 481 g/mol. The van der Waals surface area contributed by atoms with Gasteiger partial charge in [-0.15, -0.1) is 0 Å². The first-order chi connectivity index (χ1) is 16.3. The number of phenols is 1. The van der Waals surface area contributed by atoms with Crippen molar-refractivity contribution < 1.29 is 19.5 Å². The lowest BCUT2D eigenvalue weighted by atomic mass is 9.94. The summed E-state index contributed by atoms with van der Waals surface area (Å²) in [6.45, 7) is 0. The van der Waals surface area contributed by atoms with E-state index in [1.54, 1.807) is 38.4 Å². The molecule has 1 saturated carbocycles. The van der Waals surface area contributed by atoms with Crippen molar-refractivity contribution in [2.45, 2.75) is 38.1 Å². The highest BCUT2D eigenvalue weighted by atomic mass is 32.1. The highest BCUT2D eigenvalue weighted by Gasteiger charge is 2.45. The van der Waals surface area contributed by atoms with E-state index in [2.05, 4.69) is 18.1 Å². The second-order valence-electron chi connectivity index (χ2n) is 8.67. The lowest BCUT2D eigenvalue weighted by Crippen LogP contribution is -2.43. The van der Waals surface area contributed by atoms with Gasteiger partial charge in [-0.3, -0.25) is 23.6 Å². The zero-order valence-electron chi connectivity index (χ0n) is 19.2. The van der Waals surface area contributed by atoms with Crippen molar-refractivity contribution in [3.05, 3.63) is 65.5 Å². The van der Waals surface area contributed by atoms with E-state index in [1.165, 1.54) is 20.2 Å². The predicted molar refractivity (Wildman–Crippen MR) is 133 cm³/mol. The Labute approximate surface area is 204 Å². The molecule has 8 nitrogen and oxygen atoms in total. The molecule has 1 heterocycles. The standard InChI is InChI=1S/C25H28N4O4S/c1-27(2)23(31)18-14-9-15-19(22(18)30)29(34)21-20(26-16-10-5-3-6-11-16)24(32)28(25(21)33)17-12-7-4-8-13-17/h3,5-6,9-11,14-15,17,26,30,34H,4,7-8,12-13H2,1-2H3. The van der Waals surface area contributed by atoms with Gasteiger partial charge in [-0.2, -0.15) is 0 Å². The first-order valence-electron chi connectivity index (χ1n) is 11.3. The summed E-state index contributed by atoms with van der Waals surface area (Å²) in [5, 5.41) is 14.0. The number of hydrogen-bond acceptors (Lipinski definition) is 7. The van der Waals surface area contributed by atoms with Crippen LogP contribution < -0.4 is 9.62 Å². The molecular formula is C25H28N4O4S. The van der Waals surface area contributed by atoms with Crippen molar-refractivity contribution in [2.24, 2.45) is 0 Å². The zero-order valence-corrected chi connectivity index (χ0v) is 20.1. The summed E-state index contributed by atoms with van der Waals surface area (Å²) in [5.41, 5.74) is 0.933. The van der Waals surface area contributed by atoms with Crippen molar-refractivity contribution >= 4 is 41.9 Å². The van der Waals surface area contributed by atoms with Crippen LogP contribution in [0.15, 0.2) is 59.9 Å². The van der Waals surface area contributed by atoms with Gasteiger partial charge in [0.2, 0.25) is 0 Å². The molecule has 2 N–H and O–H groups in total. The monoisotopic (exact) mass is 480 g/mol. The van der Waals surface area contributed by atoms with Crippen LogP contribution in [0.2, 0.25) is 0 Å². The van der Waals surface area contributed by atoms with Gasteiger partial charge in [0, 0.05) is 25.8 Å². The molecule has 0 saturated heterocycles. The van der Waals surface area contributed by atoms with Crippen molar-refractivity contribution in [2.75, 3.05) is 23.7 Å². The van der Waals surface area contributed by atoms with Crippen LogP contribution in [0.1, 0.15) is 42.5 Å². The molecule has 2 aromatic carbocycles. The quantitative estimate of drug-likeness (QED) is 0.431. The Hall–Kier alpha value is -3.46. The Morgan fingerprint density at radius 2 is 1.68 bits per heavy atom. The number of carbonyl (C=O) groups is 3. The number of thiol groups is 1. The summed E-state index contributed by atoms with van der Waals surface area (Å²) in [7, 11) is 3.16. The maximum atomic E-state index is 13.6. The summed E-state index contributed by atoms with van der Waals surface area (Å²) >= 11 is 4.53. The predicted octanol–water partition coefficient (Wildman–Crippen LogP) is 3.77. The maximum Gasteiger partial charge on any atom is 0.280 e. The highest BCUT2D eigenvalue weighted by Crippen LogP contribution is 2.39. The number of anilines is 2. The minimum atomic E-state index is -0.478. The van der Waals surface area contributed by atoms with Crippen LogP contribution in [-0.2, 0) is 9.59 Å². The average Bonchev–Trinajstić information content (AvgIpc) is 3.08. The molecule has 0 unspecified atom stereocenters. The van der Waals surface area contributed by atoms with Crippen LogP contribution in [0.5, 0.6) is 5.75 Å². The van der Waals surface area contributed by atoms with Crippen LogP contribution in [0, 0.1) is 0 Å². The van der Waals surface area contributed by atoms with Gasteiger partial charge in [0.05, 0.1) is 11.3 Å². The zero-order chi connectivity index (χ0) is 24.4. The molecule has 3 amide bonds. The topological polar surface area (TPSA) is 93.2 Å². The van der Waals surface area contributed by atoms with E-state index in [-0.39, 0.29) is 34.4 Å². The molecule has 4 rings (SSSR count). The summed E-state index contributed by atoms with van der Waals surface area (Å²) < 4.78 is 1.19. The number of aromatic hydroxyl groups is 1. The molecule has 0 radical (unpaired) electrons. The minimum absolute atomic E-state index is 0.00696. The largest absolute Gasteiger partial charge is 0.505 e. The smallest absolute Gasteiger partial charge is 0.280 e. The molecule has 178 valence electrons. The van der Waals surface area contributed by atoms with Gasteiger partial charge in [-0.25, -0.2) is 0 Å². The molecule has 0 atom stereocenters. The number of imide groups is 1. The van der Waals surface area contributed by atoms with Gasteiger partial charge in [0.1, 0.15) is 11.4 Å². The van der Waals surface area contributed by atoms with E-state index < -0.39 is 17.7 Å². The molecular weight excluding hydrogens is 452 g/mol. The first-order valence-corrected chi connectivity index (χ1v) is 11.7. The number of nitrogens with zero attached hydrogens (tertiary/aromatic N) is 3. The van der Waals surface area contributed by atoms with Gasteiger partial charge in [0.25, 0.3) is 17.7 Å². The van der Waals surface area contributed by atoms with E-state index in [4.69, 9.17) is 0 Å². The van der Waals surface area contributed by atoms with E-state index in [9.17, 15) is 19.5 Å². The minimum Gasteiger partial charge on any atom is -0.505 e. The number of benzene rings is 2. The van der Waals surface area contributed by atoms with Gasteiger partial charge in [0.15, 0.2) is 5.75 Å². The first kappa shape index (κ1) is 23.7. The Bertz CT molecular complexity index is 1140. The third kappa shape index (κ3) is 4.35. The molecule has 0 spiro atoms. The van der Waals surface area contributed by atoms with Crippen LogP contribution in [0.3, 0.4) is 0 Å². The number of rotatable bonds is 6. The molecule has 0 bridgehead atoms. The van der Waals surface area contributed by atoms with Gasteiger partial charge in [-0.1, -0.05) is 56.3 Å². The van der Waals surface area contributed by atoms with E-state index in [0.717, 1.165) is 32.1 Å². The Morgan fingerprint density at radius 3 is 2.32 bits per heavy atom. The lowest BCUT2D eigenvalue weighted by molar-refractivity contribution is -0.140. The number of hydrogen-bond donors (Lipinski definition) is 3. The van der Waals surface area contributed by atoms with Gasteiger partial charge >= 0.3 is 0 Å². The number of phenolic OH excluding ortho intramolecular Hbond substituents is 1. The van der Waals surface area contributed by atoms with Crippen molar-refractivity contribution in [3.63, 3.8) is 0 Å². The van der Waals surface area contributed by atoms with Crippen LogP contribution in [0.4, 0.5) is 11.4 Å². The lowest BCUT2D eigenvalue weighted by Gasteiger charge is -2.30. The van der Waals surface area contributed by atoms with Gasteiger partial charge < -0.3 is 15.3 Å². The second kappa shape index (κ2) is 9.80. The van der Waals surface area contributed by atoms with Crippen LogP contribution in [0.25, 0.3) is 0 Å². The van der Waals surface area contributed by atoms with Crippen LogP contribution >= 0.6 is 12.8 Å². The molecule has 2 aromatic rings. The Balaban J connectivity index is 1.78. The normalized spacial score (nSPS) is 16.7. The third-order valence-electron chi connectivity index (χ3n) is 6.17. The highest BCUT2D eigenvalue weighted by molar-refractivity contribution is 7.82. The third-order valence-corrected chi connectivity index (χ3v) is 6.58. The summed E-state index contributed by atoms with van der Waals surface area (Å²) in [4.78, 5) is 42.3. The van der Waals surface area contributed by atoms with Crippen molar-refractivity contribution in [3.8, 4) is 5.75 Å². The van der Waals surface area contributed by atoms with E-state index >= 15 is 0 Å². The van der Waals surface area contributed by atoms with Crippen molar-refractivity contribution in [1.82, 2.24) is 9.80 Å². The Kier molecular flexibility index (Phi) is 6.83. The number of para-hydroxylation sites is 2. The summed E-state index contributed by atoms with van der Waals surface area (Å²) in [6, 6.07) is 13.5. The maximum absolute atomic E-state index is 13.6. The SMILES string of the molecule is CN(C)C(=O)c1cccc(N(S)C2=C(Nc3ccccc3)C(=O)N(C3CCCCC3)C2=O)c1O. The number of carbonyl (C=O) groups excluding carboxylic acids is 3. The summed E-state index contributed by atoms with van der Waals surface area (Å²) in [5.74, 6) is -1.61. The molecule has 1 aliphatic carbocycles. The van der Waals surface area contributed by atoms with E-state index in [0.29, 0.717) is 5.69 Å². The molecule has 1 aliphatic heterocycles. The van der Waals surface area contributed by atoms with E-state index in [1.807, 2.05) is 18.2 Å². The molecule has 9 heteroatoms. The fraction of sp³-hybridized carbons (Fsp3) is 0.320.